The maximum Gasteiger partial charge on any atom is 0.348 e. The van der Waals surface area contributed by atoms with Crippen LogP contribution in [0.1, 0.15) is 19.3 Å². The van der Waals surface area contributed by atoms with Gasteiger partial charge in [-0.1, -0.05) is 12.5 Å². The highest BCUT2D eigenvalue weighted by atomic mass is 32.2. The van der Waals surface area contributed by atoms with E-state index in [0.717, 1.165) is 12.1 Å². The van der Waals surface area contributed by atoms with E-state index in [2.05, 4.69) is 5.32 Å². The van der Waals surface area contributed by atoms with Gasteiger partial charge in [0.2, 0.25) is 0 Å². The van der Waals surface area contributed by atoms with Crippen molar-refractivity contribution in [3.8, 4) is 0 Å². The third-order valence-corrected chi connectivity index (χ3v) is 6.61. The summed E-state index contributed by atoms with van der Waals surface area (Å²) >= 11 is 0. The summed E-state index contributed by atoms with van der Waals surface area (Å²) in [6.45, 7) is 0. The van der Waals surface area contributed by atoms with Gasteiger partial charge in [-0.2, -0.15) is 0 Å². The Bertz CT molecular complexity index is 766. The Labute approximate surface area is 132 Å². The number of hydrogen-bond acceptors (Lipinski definition) is 5. The van der Waals surface area contributed by atoms with Gasteiger partial charge in [0.1, 0.15) is 5.82 Å². The summed E-state index contributed by atoms with van der Waals surface area (Å²) in [5.74, 6) is -2.29. The highest BCUT2D eigenvalue weighted by Gasteiger charge is 2.50. The van der Waals surface area contributed by atoms with Crippen molar-refractivity contribution in [2.45, 2.75) is 35.4 Å². The summed E-state index contributed by atoms with van der Waals surface area (Å²) in [5, 5.41) is 10.7. The molecule has 0 radical (unpaired) electrons. The third kappa shape index (κ3) is 2.59. The Morgan fingerprint density at radius 2 is 2.00 bits per heavy atom. The highest BCUT2D eigenvalue weighted by molar-refractivity contribution is 7.92. The van der Waals surface area contributed by atoms with Crippen LogP contribution >= 0.6 is 0 Å². The lowest BCUT2D eigenvalue weighted by Gasteiger charge is -2.41. The van der Waals surface area contributed by atoms with Crippen LogP contribution in [-0.4, -0.2) is 41.9 Å². The van der Waals surface area contributed by atoms with Gasteiger partial charge in [-0.3, -0.25) is 10.0 Å². The molecule has 1 aliphatic heterocycles. The molecule has 0 spiro atoms. The van der Waals surface area contributed by atoms with Crippen LogP contribution in [0.3, 0.4) is 0 Å². The minimum atomic E-state index is -3.93. The second-order valence-electron chi connectivity index (χ2n) is 5.70. The van der Waals surface area contributed by atoms with Crippen LogP contribution in [0.25, 0.3) is 0 Å². The van der Waals surface area contributed by atoms with Crippen molar-refractivity contribution in [3.63, 3.8) is 0 Å². The zero-order chi connectivity index (χ0) is 16.8. The molecular formula is C14H15FN2O5S. The molecule has 3 amide bonds. The molecule has 1 aliphatic carbocycles. The summed E-state index contributed by atoms with van der Waals surface area (Å²) in [4.78, 5) is 23.4. The van der Waals surface area contributed by atoms with Crippen molar-refractivity contribution in [2.24, 2.45) is 5.92 Å². The molecule has 1 saturated heterocycles. The fourth-order valence-corrected chi connectivity index (χ4v) is 5.27. The van der Waals surface area contributed by atoms with Crippen molar-refractivity contribution in [1.82, 2.24) is 10.4 Å². The molecule has 1 aromatic carbocycles. The number of nitrogens with one attached hydrogen (secondary N) is 1. The van der Waals surface area contributed by atoms with Crippen molar-refractivity contribution < 1.29 is 27.6 Å². The number of nitrogens with zero attached hydrogens (tertiary/aromatic N) is 1. The lowest BCUT2D eigenvalue weighted by Crippen LogP contribution is -2.64. The molecule has 1 saturated carbocycles. The van der Waals surface area contributed by atoms with Crippen LogP contribution < -0.4 is 5.32 Å². The van der Waals surface area contributed by atoms with E-state index < -0.39 is 44.8 Å². The molecule has 0 aromatic heterocycles. The zero-order valence-corrected chi connectivity index (χ0v) is 12.8. The van der Waals surface area contributed by atoms with Gasteiger partial charge >= 0.3 is 6.03 Å². The van der Waals surface area contributed by atoms with Crippen molar-refractivity contribution >= 4 is 21.8 Å². The largest absolute Gasteiger partial charge is 0.348 e. The van der Waals surface area contributed by atoms with Crippen LogP contribution in [0.5, 0.6) is 0 Å². The first kappa shape index (κ1) is 15.9. The molecule has 1 heterocycles. The number of carbonyl (C=O) groups excluding carboxylic acids is 2. The number of rotatable bonds is 2. The van der Waals surface area contributed by atoms with Crippen LogP contribution in [0.2, 0.25) is 0 Å². The second kappa shape index (κ2) is 5.57. The van der Waals surface area contributed by atoms with E-state index in [4.69, 9.17) is 0 Å². The molecular weight excluding hydrogens is 327 g/mol. The molecule has 3 rings (SSSR count). The van der Waals surface area contributed by atoms with Crippen molar-refractivity contribution in [2.75, 3.05) is 0 Å². The van der Waals surface area contributed by atoms with Crippen LogP contribution in [-0.2, 0) is 14.6 Å². The molecule has 9 heteroatoms. The Morgan fingerprint density at radius 3 is 2.70 bits per heavy atom. The van der Waals surface area contributed by atoms with E-state index in [9.17, 15) is 27.6 Å². The summed E-state index contributed by atoms with van der Waals surface area (Å²) in [7, 11) is -3.93. The van der Waals surface area contributed by atoms with Gasteiger partial charge in [0.15, 0.2) is 9.84 Å². The number of halogens is 1. The molecule has 2 aliphatic rings. The maximum absolute atomic E-state index is 13.3. The normalized spacial score (nSPS) is 28.3. The highest BCUT2D eigenvalue weighted by Crippen LogP contribution is 2.35. The quantitative estimate of drug-likeness (QED) is 0.783. The summed E-state index contributed by atoms with van der Waals surface area (Å²) < 4.78 is 38.9. The first-order valence-corrected chi connectivity index (χ1v) is 8.70. The number of carbonyl (C=O) groups is 2. The molecule has 3 atom stereocenters. The smallest absolute Gasteiger partial charge is 0.331 e. The predicted octanol–water partition coefficient (Wildman–Crippen LogP) is 1.08. The number of hydroxylamine groups is 2. The Balaban J connectivity index is 1.99. The Kier molecular flexibility index (Phi) is 3.85. The standard InChI is InChI=1S/C14H15FN2O5S/c15-8-3-1-4-9(7-8)23(21,22)11-6-2-5-10-12(11)16-14(19)17(20)13(10)18/h1,3-4,7,10-12,20H,2,5-6H2,(H,16,19). The summed E-state index contributed by atoms with van der Waals surface area (Å²) in [6.07, 6.45) is 1.07. The predicted molar refractivity (Wildman–Crippen MR) is 75.7 cm³/mol. The molecule has 2 fully saturated rings. The lowest BCUT2D eigenvalue weighted by atomic mass is 9.82. The average molecular weight is 342 g/mol. The zero-order valence-electron chi connectivity index (χ0n) is 12.0. The van der Waals surface area contributed by atoms with Gasteiger partial charge in [0.25, 0.3) is 5.91 Å². The number of fused-ring (bicyclic) bond motifs is 1. The minimum absolute atomic E-state index is 0.0155. The van der Waals surface area contributed by atoms with Crippen LogP contribution in [0, 0.1) is 11.7 Å². The van der Waals surface area contributed by atoms with Crippen LogP contribution in [0.4, 0.5) is 9.18 Å². The molecule has 3 unspecified atom stereocenters. The molecule has 23 heavy (non-hydrogen) atoms. The number of benzene rings is 1. The topological polar surface area (TPSA) is 104 Å². The van der Waals surface area contributed by atoms with Crippen LogP contribution in [0.15, 0.2) is 29.2 Å². The Hall–Kier alpha value is -2.00. The number of hydrogen-bond donors (Lipinski definition) is 2. The fourth-order valence-electron chi connectivity index (χ4n) is 3.26. The molecule has 0 bridgehead atoms. The van der Waals surface area contributed by atoms with Crippen molar-refractivity contribution in [3.05, 3.63) is 30.1 Å². The van der Waals surface area contributed by atoms with Gasteiger partial charge in [0.05, 0.1) is 22.1 Å². The molecule has 124 valence electrons. The molecule has 2 N–H and O–H groups in total. The number of sulfone groups is 1. The lowest BCUT2D eigenvalue weighted by molar-refractivity contribution is -0.163. The molecule has 1 aromatic rings. The fraction of sp³-hybridized carbons (Fsp3) is 0.429. The van der Waals surface area contributed by atoms with E-state index in [1.165, 1.54) is 12.1 Å². The van der Waals surface area contributed by atoms with E-state index in [1.807, 2.05) is 0 Å². The van der Waals surface area contributed by atoms with E-state index in [0.29, 0.717) is 12.8 Å². The van der Waals surface area contributed by atoms with Gasteiger partial charge in [-0.05, 0) is 31.0 Å². The first-order chi connectivity index (χ1) is 10.8. The van der Waals surface area contributed by atoms with E-state index in [1.54, 1.807) is 0 Å². The van der Waals surface area contributed by atoms with Gasteiger partial charge in [-0.15, -0.1) is 5.06 Å². The Morgan fingerprint density at radius 1 is 1.26 bits per heavy atom. The van der Waals surface area contributed by atoms with E-state index in [-0.39, 0.29) is 16.4 Å². The number of amides is 3. The maximum atomic E-state index is 13.3. The number of imide groups is 1. The average Bonchev–Trinajstić information content (AvgIpc) is 2.52. The first-order valence-electron chi connectivity index (χ1n) is 7.15. The minimum Gasteiger partial charge on any atom is -0.331 e. The molecule has 7 nitrogen and oxygen atoms in total. The van der Waals surface area contributed by atoms with Gasteiger partial charge in [0, 0.05) is 0 Å². The summed E-state index contributed by atoms with van der Waals surface area (Å²) in [6, 6.07) is 2.66. The third-order valence-electron chi connectivity index (χ3n) is 4.37. The van der Waals surface area contributed by atoms with Gasteiger partial charge < -0.3 is 5.32 Å². The van der Waals surface area contributed by atoms with Gasteiger partial charge in [-0.25, -0.2) is 17.6 Å². The monoisotopic (exact) mass is 342 g/mol. The summed E-state index contributed by atoms with van der Waals surface area (Å²) in [5.41, 5.74) is 0. The van der Waals surface area contributed by atoms with Crippen molar-refractivity contribution in [1.29, 1.82) is 0 Å². The number of urea groups is 1. The second-order valence-corrected chi connectivity index (χ2v) is 7.87. The SMILES string of the molecule is O=C1NC2C(CCCC2S(=O)(=O)c2cccc(F)c2)C(=O)N1O. The van der Waals surface area contributed by atoms with E-state index >= 15 is 0 Å².